The van der Waals surface area contributed by atoms with Crippen molar-refractivity contribution in [1.82, 2.24) is 4.90 Å². The molecule has 0 aromatic heterocycles. The topological polar surface area (TPSA) is 46.3 Å². The lowest BCUT2D eigenvalue weighted by Gasteiger charge is -2.17. The van der Waals surface area contributed by atoms with Crippen LogP contribution in [0.25, 0.3) is 0 Å². The fourth-order valence-corrected chi connectivity index (χ4v) is 3.15. The van der Waals surface area contributed by atoms with Crippen molar-refractivity contribution in [3.63, 3.8) is 0 Å². The van der Waals surface area contributed by atoms with E-state index in [0.717, 1.165) is 29.7 Å². The Bertz CT molecular complexity index is 684. The Balaban J connectivity index is 1.61. The van der Waals surface area contributed by atoms with Crippen LogP contribution >= 0.6 is 0 Å². The van der Waals surface area contributed by atoms with Crippen molar-refractivity contribution in [2.75, 3.05) is 13.1 Å². The molecule has 1 heterocycles. The largest absolute Gasteiger partial charge is 0.342 e. The Morgan fingerprint density at radius 1 is 1.17 bits per heavy atom. The van der Waals surface area contributed by atoms with E-state index >= 15 is 0 Å². The molecule has 120 valence electrons. The van der Waals surface area contributed by atoms with Gasteiger partial charge in [-0.15, -0.1) is 0 Å². The minimum absolute atomic E-state index is 0.142. The van der Waals surface area contributed by atoms with Crippen LogP contribution < -0.4 is 5.73 Å². The van der Waals surface area contributed by atoms with Crippen molar-refractivity contribution >= 4 is 5.91 Å². The molecule has 23 heavy (non-hydrogen) atoms. The van der Waals surface area contributed by atoms with Gasteiger partial charge in [-0.25, -0.2) is 4.39 Å². The average molecular weight is 312 g/mol. The highest BCUT2D eigenvalue weighted by molar-refractivity contribution is 5.79. The van der Waals surface area contributed by atoms with Crippen LogP contribution in [-0.2, 0) is 17.8 Å². The van der Waals surface area contributed by atoms with Crippen LogP contribution in [0.2, 0.25) is 0 Å². The normalized spacial score (nSPS) is 17.5. The van der Waals surface area contributed by atoms with Crippen molar-refractivity contribution in [2.45, 2.75) is 25.3 Å². The second-order valence-electron chi connectivity index (χ2n) is 6.08. The molecular formula is C19H21FN2O. The second-order valence-corrected chi connectivity index (χ2v) is 6.08. The maximum atomic E-state index is 13.0. The summed E-state index contributed by atoms with van der Waals surface area (Å²) in [6, 6.07) is 14.5. The van der Waals surface area contributed by atoms with Gasteiger partial charge < -0.3 is 10.6 Å². The summed E-state index contributed by atoms with van der Waals surface area (Å²) in [5.74, 6) is 0.221. The Kier molecular flexibility index (Phi) is 4.72. The van der Waals surface area contributed by atoms with Gasteiger partial charge in [-0.2, -0.15) is 0 Å². The molecule has 0 aliphatic carbocycles. The molecule has 1 atom stereocenters. The monoisotopic (exact) mass is 312 g/mol. The lowest BCUT2D eigenvalue weighted by Crippen LogP contribution is -2.29. The third-order valence-corrected chi connectivity index (χ3v) is 4.46. The number of hydrogen-bond acceptors (Lipinski definition) is 2. The van der Waals surface area contributed by atoms with Crippen LogP contribution in [0.15, 0.2) is 48.5 Å². The van der Waals surface area contributed by atoms with Crippen molar-refractivity contribution in [1.29, 1.82) is 0 Å². The summed E-state index contributed by atoms with van der Waals surface area (Å²) in [6.45, 7) is 1.96. The van der Waals surface area contributed by atoms with Crippen molar-refractivity contribution in [2.24, 2.45) is 5.73 Å². The Hall–Kier alpha value is -2.20. The molecule has 0 spiro atoms. The van der Waals surface area contributed by atoms with Crippen molar-refractivity contribution in [3.05, 3.63) is 71.0 Å². The molecule has 1 amide bonds. The van der Waals surface area contributed by atoms with E-state index in [2.05, 4.69) is 0 Å². The first-order valence-corrected chi connectivity index (χ1v) is 7.97. The number of carbonyl (C=O) groups is 1. The Morgan fingerprint density at radius 3 is 2.65 bits per heavy atom. The van der Waals surface area contributed by atoms with Gasteiger partial charge in [0.15, 0.2) is 0 Å². The molecule has 3 nitrogen and oxygen atoms in total. The standard InChI is InChI=1S/C19H21FN2O/c20-18-6-4-16(5-7-18)17-8-9-22(13-17)19(23)11-14-2-1-3-15(10-14)12-21/h1-7,10,17H,8-9,11-13,21H2. The van der Waals surface area contributed by atoms with Gasteiger partial charge in [0, 0.05) is 25.6 Å². The third-order valence-electron chi connectivity index (χ3n) is 4.46. The molecule has 0 saturated carbocycles. The highest BCUT2D eigenvalue weighted by atomic mass is 19.1. The second kappa shape index (κ2) is 6.92. The molecule has 1 saturated heterocycles. The zero-order chi connectivity index (χ0) is 16.2. The van der Waals surface area contributed by atoms with Crippen LogP contribution in [0.5, 0.6) is 0 Å². The summed E-state index contributed by atoms with van der Waals surface area (Å²) in [5, 5.41) is 0. The first-order chi connectivity index (χ1) is 11.2. The van der Waals surface area contributed by atoms with Gasteiger partial charge in [0.1, 0.15) is 5.82 Å². The Morgan fingerprint density at radius 2 is 1.91 bits per heavy atom. The molecule has 3 rings (SSSR count). The fraction of sp³-hybridized carbons (Fsp3) is 0.316. The number of rotatable bonds is 4. The lowest BCUT2D eigenvalue weighted by atomic mass is 9.98. The highest BCUT2D eigenvalue weighted by Gasteiger charge is 2.27. The minimum Gasteiger partial charge on any atom is -0.342 e. The molecule has 1 aliphatic rings. The number of benzene rings is 2. The molecule has 1 aliphatic heterocycles. The van der Waals surface area contributed by atoms with Gasteiger partial charge in [-0.05, 0) is 35.2 Å². The van der Waals surface area contributed by atoms with E-state index in [-0.39, 0.29) is 11.7 Å². The maximum absolute atomic E-state index is 13.0. The minimum atomic E-state index is -0.223. The van der Waals surface area contributed by atoms with E-state index in [1.165, 1.54) is 12.1 Å². The zero-order valence-corrected chi connectivity index (χ0v) is 13.0. The van der Waals surface area contributed by atoms with Gasteiger partial charge in [0.05, 0.1) is 6.42 Å². The number of amides is 1. The van der Waals surface area contributed by atoms with Gasteiger partial charge in [0.2, 0.25) is 5.91 Å². The molecule has 0 radical (unpaired) electrons. The smallest absolute Gasteiger partial charge is 0.227 e. The fourth-order valence-electron chi connectivity index (χ4n) is 3.15. The molecule has 2 aromatic rings. The summed E-state index contributed by atoms with van der Waals surface area (Å²) >= 11 is 0. The predicted molar refractivity (Wildman–Crippen MR) is 88.4 cm³/mol. The molecule has 2 N–H and O–H groups in total. The summed E-state index contributed by atoms with van der Waals surface area (Å²) in [4.78, 5) is 14.4. The molecular weight excluding hydrogens is 291 g/mol. The van der Waals surface area contributed by atoms with Crippen LogP contribution in [0.1, 0.15) is 29.0 Å². The SMILES string of the molecule is NCc1cccc(CC(=O)N2CCC(c3ccc(F)cc3)C2)c1. The van der Waals surface area contributed by atoms with E-state index in [9.17, 15) is 9.18 Å². The van der Waals surface area contributed by atoms with Crippen LogP contribution in [-0.4, -0.2) is 23.9 Å². The quantitative estimate of drug-likeness (QED) is 0.943. The first kappa shape index (κ1) is 15.7. The highest BCUT2D eigenvalue weighted by Crippen LogP contribution is 2.27. The number of halogens is 1. The predicted octanol–water partition coefficient (Wildman–Crippen LogP) is 2.84. The first-order valence-electron chi connectivity index (χ1n) is 7.97. The van der Waals surface area contributed by atoms with Gasteiger partial charge in [-0.3, -0.25) is 4.79 Å². The number of nitrogens with zero attached hydrogens (tertiary/aromatic N) is 1. The number of nitrogens with two attached hydrogens (primary N) is 1. The van der Waals surface area contributed by atoms with Crippen LogP contribution in [0, 0.1) is 5.82 Å². The van der Waals surface area contributed by atoms with E-state index < -0.39 is 0 Å². The molecule has 1 fully saturated rings. The molecule has 1 unspecified atom stereocenters. The van der Waals surface area contributed by atoms with Crippen LogP contribution in [0.3, 0.4) is 0 Å². The molecule has 4 heteroatoms. The third kappa shape index (κ3) is 3.77. The van der Waals surface area contributed by atoms with E-state index in [4.69, 9.17) is 5.73 Å². The van der Waals surface area contributed by atoms with E-state index in [1.54, 1.807) is 0 Å². The van der Waals surface area contributed by atoms with Crippen molar-refractivity contribution in [3.8, 4) is 0 Å². The van der Waals surface area contributed by atoms with Gasteiger partial charge >= 0.3 is 0 Å². The van der Waals surface area contributed by atoms with E-state index in [1.807, 2.05) is 41.3 Å². The molecule has 2 aromatic carbocycles. The number of likely N-dealkylation sites (tertiary alicyclic amines) is 1. The lowest BCUT2D eigenvalue weighted by molar-refractivity contribution is -0.129. The van der Waals surface area contributed by atoms with Crippen LogP contribution in [0.4, 0.5) is 4.39 Å². The van der Waals surface area contributed by atoms with Gasteiger partial charge in [-0.1, -0.05) is 36.4 Å². The number of hydrogen-bond donors (Lipinski definition) is 1. The summed E-state index contributed by atoms with van der Waals surface area (Å²) < 4.78 is 13.0. The maximum Gasteiger partial charge on any atom is 0.227 e. The van der Waals surface area contributed by atoms with Gasteiger partial charge in [0.25, 0.3) is 0 Å². The van der Waals surface area contributed by atoms with Crippen molar-refractivity contribution < 1.29 is 9.18 Å². The molecule has 0 bridgehead atoms. The summed E-state index contributed by atoms with van der Waals surface area (Å²) in [7, 11) is 0. The van der Waals surface area contributed by atoms with E-state index in [0.29, 0.717) is 25.4 Å². The Labute approximate surface area is 135 Å². The average Bonchev–Trinajstić information content (AvgIpc) is 3.06. The summed E-state index contributed by atoms with van der Waals surface area (Å²) in [6.07, 6.45) is 1.34. The zero-order valence-electron chi connectivity index (χ0n) is 13.0. The number of carbonyl (C=O) groups excluding carboxylic acids is 1. The summed E-state index contributed by atoms with van der Waals surface area (Å²) in [5.41, 5.74) is 8.79.